The molecule has 0 amide bonds. The number of nitrogens with zero attached hydrogens (tertiary/aromatic N) is 1. The Hall–Kier alpha value is -1.25. The molecule has 0 spiro atoms. The van der Waals surface area contributed by atoms with Gasteiger partial charge in [0.25, 0.3) is 5.88 Å². The maximum atomic E-state index is 10.4. The van der Waals surface area contributed by atoms with Gasteiger partial charge in [-0.25, -0.2) is 4.98 Å². The Morgan fingerprint density at radius 1 is 1.56 bits per heavy atom. The summed E-state index contributed by atoms with van der Waals surface area (Å²) in [5, 5.41) is 10.4. The van der Waals surface area contributed by atoms with Crippen LogP contribution in [0.25, 0.3) is 0 Å². The third-order valence-electron chi connectivity index (χ3n) is 0.945. The molecule has 1 heterocycles. The molecule has 0 aliphatic heterocycles. The van der Waals surface area contributed by atoms with Crippen LogP contribution in [-0.2, 0) is 5.11 Å². The van der Waals surface area contributed by atoms with Gasteiger partial charge in [0, 0.05) is 6.07 Å². The molecular weight excluding hydrogens is 118 g/mol. The highest BCUT2D eigenvalue weighted by Crippen LogP contribution is 2.11. The minimum Gasteiger partial charge on any atom is -0.495 e. The van der Waals surface area contributed by atoms with E-state index in [9.17, 15) is 5.11 Å². The smallest absolute Gasteiger partial charge is 0.269 e. The van der Waals surface area contributed by atoms with Gasteiger partial charge in [-0.05, 0) is 6.07 Å². The topological polar surface area (TPSA) is 42.0 Å². The summed E-state index contributed by atoms with van der Waals surface area (Å²) in [4.78, 5) is 3.47. The minimum absolute atomic E-state index is 0.240. The molecular formula is C6H6NO2. The molecule has 0 aliphatic rings. The molecule has 1 rings (SSSR count). The van der Waals surface area contributed by atoms with Crippen LogP contribution in [0.4, 0.5) is 0 Å². The first-order valence-corrected chi connectivity index (χ1v) is 2.50. The van der Waals surface area contributed by atoms with Crippen LogP contribution in [0.15, 0.2) is 18.3 Å². The highest BCUT2D eigenvalue weighted by atomic mass is 16.5. The van der Waals surface area contributed by atoms with E-state index in [0.29, 0.717) is 5.75 Å². The van der Waals surface area contributed by atoms with Crippen LogP contribution >= 0.6 is 0 Å². The maximum absolute atomic E-state index is 10.4. The fourth-order valence-corrected chi connectivity index (χ4v) is 0.487. The average Bonchev–Trinajstić information content (AvgIpc) is 1.90. The van der Waals surface area contributed by atoms with E-state index < -0.39 is 0 Å². The van der Waals surface area contributed by atoms with Crippen molar-refractivity contribution in [1.82, 2.24) is 4.98 Å². The van der Waals surface area contributed by atoms with Crippen molar-refractivity contribution >= 4 is 0 Å². The Morgan fingerprint density at radius 2 is 2.33 bits per heavy atom. The molecule has 47 valence electrons. The summed E-state index contributed by atoms with van der Waals surface area (Å²) in [6.07, 6.45) is 1.39. The van der Waals surface area contributed by atoms with Crippen molar-refractivity contribution in [1.29, 1.82) is 0 Å². The van der Waals surface area contributed by atoms with Gasteiger partial charge in [0.15, 0.2) is 0 Å². The molecule has 0 aliphatic carbocycles. The molecule has 1 aromatic heterocycles. The number of pyridine rings is 1. The third-order valence-corrected chi connectivity index (χ3v) is 0.945. The van der Waals surface area contributed by atoms with E-state index in [1.165, 1.54) is 19.4 Å². The summed E-state index contributed by atoms with van der Waals surface area (Å²) >= 11 is 0. The van der Waals surface area contributed by atoms with E-state index in [1.54, 1.807) is 6.07 Å². The first kappa shape index (κ1) is 5.88. The van der Waals surface area contributed by atoms with E-state index in [1.807, 2.05) is 0 Å². The maximum Gasteiger partial charge on any atom is 0.269 e. The quantitative estimate of drug-likeness (QED) is 0.565. The van der Waals surface area contributed by atoms with Gasteiger partial charge < -0.3 is 4.74 Å². The van der Waals surface area contributed by atoms with E-state index in [4.69, 9.17) is 4.74 Å². The van der Waals surface area contributed by atoms with E-state index in [2.05, 4.69) is 4.98 Å². The second kappa shape index (κ2) is 2.35. The number of rotatable bonds is 1. The predicted molar refractivity (Wildman–Crippen MR) is 30.9 cm³/mol. The van der Waals surface area contributed by atoms with Crippen LogP contribution in [0, 0.1) is 0 Å². The van der Waals surface area contributed by atoms with Gasteiger partial charge in [-0.2, -0.15) is 0 Å². The zero-order chi connectivity index (χ0) is 6.69. The lowest BCUT2D eigenvalue weighted by molar-refractivity contribution is 0.334. The molecule has 0 fully saturated rings. The van der Waals surface area contributed by atoms with Crippen molar-refractivity contribution in [3.05, 3.63) is 18.3 Å². The van der Waals surface area contributed by atoms with Gasteiger partial charge in [0.2, 0.25) is 0 Å². The van der Waals surface area contributed by atoms with Crippen LogP contribution in [0.5, 0.6) is 11.6 Å². The fourth-order valence-electron chi connectivity index (χ4n) is 0.487. The van der Waals surface area contributed by atoms with Crippen molar-refractivity contribution in [3.63, 3.8) is 0 Å². The largest absolute Gasteiger partial charge is 0.495 e. The zero-order valence-corrected chi connectivity index (χ0v) is 5.00. The van der Waals surface area contributed by atoms with Gasteiger partial charge >= 0.3 is 0 Å². The minimum atomic E-state index is -0.240. The highest BCUT2D eigenvalue weighted by molar-refractivity contribution is 5.21. The molecule has 0 unspecified atom stereocenters. The van der Waals surface area contributed by atoms with Gasteiger partial charge in [-0.15, -0.1) is 0 Å². The fraction of sp³-hybridized carbons (Fsp3) is 0.167. The highest BCUT2D eigenvalue weighted by Gasteiger charge is 1.91. The normalized spacial score (nSPS) is 9.00. The Bertz CT molecular complexity index is 183. The molecule has 0 aromatic carbocycles. The summed E-state index contributed by atoms with van der Waals surface area (Å²) in [6.45, 7) is 0. The lowest BCUT2D eigenvalue weighted by Crippen LogP contribution is -1.81. The molecule has 0 saturated heterocycles. The Balaban J connectivity index is 2.88. The van der Waals surface area contributed by atoms with Crippen LogP contribution < -0.4 is 4.74 Å². The first-order valence-electron chi connectivity index (χ1n) is 2.50. The molecule has 0 atom stereocenters. The van der Waals surface area contributed by atoms with Crippen LogP contribution in [0.2, 0.25) is 0 Å². The lowest BCUT2D eigenvalue weighted by atomic mass is 10.4. The second-order valence-electron chi connectivity index (χ2n) is 1.54. The predicted octanol–water partition coefficient (Wildman–Crippen LogP) is 1.23. The van der Waals surface area contributed by atoms with Gasteiger partial charge in [0.1, 0.15) is 5.75 Å². The average molecular weight is 124 g/mol. The van der Waals surface area contributed by atoms with Crippen molar-refractivity contribution in [2.24, 2.45) is 0 Å². The van der Waals surface area contributed by atoms with Crippen molar-refractivity contribution < 1.29 is 9.84 Å². The molecule has 0 saturated carbocycles. The Kier molecular flexibility index (Phi) is 1.53. The van der Waals surface area contributed by atoms with E-state index in [0.717, 1.165) is 0 Å². The summed E-state index contributed by atoms with van der Waals surface area (Å²) < 4.78 is 4.77. The Morgan fingerprint density at radius 3 is 2.78 bits per heavy atom. The van der Waals surface area contributed by atoms with Crippen molar-refractivity contribution in [2.45, 2.75) is 0 Å². The van der Waals surface area contributed by atoms with Gasteiger partial charge in [-0.3, -0.25) is 5.11 Å². The second-order valence-corrected chi connectivity index (χ2v) is 1.54. The first-order chi connectivity index (χ1) is 4.33. The molecule has 0 bridgehead atoms. The van der Waals surface area contributed by atoms with Crippen LogP contribution in [0.3, 0.4) is 0 Å². The molecule has 1 radical (unpaired) electrons. The summed E-state index contributed by atoms with van der Waals surface area (Å²) in [7, 11) is 1.53. The summed E-state index contributed by atoms with van der Waals surface area (Å²) in [5.41, 5.74) is 0. The molecule has 9 heavy (non-hydrogen) atoms. The zero-order valence-electron chi connectivity index (χ0n) is 5.00. The van der Waals surface area contributed by atoms with Crippen LogP contribution in [-0.4, -0.2) is 12.1 Å². The standard InChI is InChI=1S/C6H6NO2/c1-9-5-2-3-6(8)7-4-5/h2-4H,1H3. The molecule has 0 N–H and O–H groups in total. The number of methoxy groups -OCH3 is 1. The van der Waals surface area contributed by atoms with Gasteiger partial charge in [0.05, 0.1) is 13.3 Å². The SMILES string of the molecule is COc1ccc([O])nc1. The van der Waals surface area contributed by atoms with Crippen LogP contribution in [0.1, 0.15) is 0 Å². The number of aromatic nitrogens is 1. The van der Waals surface area contributed by atoms with Crippen molar-refractivity contribution in [2.75, 3.05) is 7.11 Å². The Labute approximate surface area is 52.9 Å². The van der Waals surface area contributed by atoms with E-state index in [-0.39, 0.29) is 5.88 Å². The summed E-state index contributed by atoms with van der Waals surface area (Å²) in [5.74, 6) is 0.366. The molecule has 3 nitrogen and oxygen atoms in total. The molecule has 3 heteroatoms. The van der Waals surface area contributed by atoms with Crippen molar-refractivity contribution in [3.8, 4) is 11.6 Å². The monoisotopic (exact) mass is 124 g/mol. The lowest BCUT2D eigenvalue weighted by Gasteiger charge is -1.94. The number of hydrogen-bond acceptors (Lipinski definition) is 2. The number of ether oxygens (including phenoxy) is 1. The summed E-state index contributed by atoms with van der Waals surface area (Å²) in [6, 6.07) is 2.94. The van der Waals surface area contributed by atoms with E-state index >= 15 is 0 Å². The molecule has 1 aromatic rings. The number of hydrogen-bond donors (Lipinski definition) is 0. The van der Waals surface area contributed by atoms with Gasteiger partial charge in [-0.1, -0.05) is 0 Å². The third kappa shape index (κ3) is 1.32.